The molecule has 0 radical (unpaired) electrons. The number of rotatable bonds is 6. The van der Waals surface area contributed by atoms with Gasteiger partial charge in [-0.25, -0.2) is 4.79 Å². The maximum Gasteiger partial charge on any atom is 0.326 e. The van der Waals surface area contributed by atoms with Gasteiger partial charge in [0.2, 0.25) is 5.91 Å². The highest BCUT2D eigenvalue weighted by molar-refractivity contribution is 6.19. The van der Waals surface area contributed by atoms with Crippen molar-refractivity contribution < 1.29 is 58.9 Å². The summed E-state index contributed by atoms with van der Waals surface area (Å²) < 4.78 is 20.4. The number of aliphatic hydroxyl groups is 3. The molecule has 7 N–H and O–H groups in total. The van der Waals surface area contributed by atoms with Gasteiger partial charge < -0.3 is 59.8 Å². The number of imidazole rings is 1. The van der Waals surface area contributed by atoms with Crippen molar-refractivity contribution in [2.75, 3.05) is 45.2 Å². The van der Waals surface area contributed by atoms with Gasteiger partial charge in [-0.1, -0.05) is 71.9 Å². The van der Waals surface area contributed by atoms with Crippen LogP contribution in [0.4, 0.5) is 5.69 Å². The summed E-state index contributed by atoms with van der Waals surface area (Å²) in [6.45, 7) is 18.8. The molecule has 8 atom stereocenters. The van der Waals surface area contributed by atoms with E-state index in [2.05, 4.69) is 29.0 Å². The van der Waals surface area contributed by atoms with E-state index in [0.29, 0.717) is 57.8 Å². The van der Waals surface area contributed by atoms with Gasteiger partial charge in [-0.3, -0.25) is 33.7 Å². The molecule has 20 heteroatoms. The lowest BCUT2D eigenvalue weighted by atomic mass is 9.79. The van der Waals surface area contributed by atoms with Crippen LogP contribution in [0.1, 0.15) is 116 Å². The van der Waals surface area contributed by atoms with E-state index < -0.39 is 89.2 Å². The second-order valence-corrected chi connectivity index (χ2v) is 22.6. The van der Waals surface area contributed by atoms with Crippen LogP contribution >= 0.6 is 0 Å². The molecular formula is C59H77N7O13. The van der Waals surface area contributed by atoms with E-state index in [1.54, 1.807) is 68.4 Å². The lowest BCUT2D eigenvalue weighted by molar-refractivity contribution is -0.162. The van der Waals surface area contributed by atoms with Crippen LogP contribution in [0.25, 0.3) is 21.8 Å². The van der Waals surface area contributed by atoms with Gasteiger partial charge in [0.05, 0.1) is 45.8 Å². The number of ketones is 1. The summed E-state index contributed by atoms with van der Waals surface area (Å²) in [5.41, 5.74) is 0.646. The summed E-state index contributed by atoms with van der Waals surface area (Å²) >= 11 is 0. The first-order valence-electron chi connectivity index (χ1n) is 27.5. The smallest absolute Gasteiger partial charge is 0.326 e. The first-order valence-corrected chi connectivity index (χ1v) is 27.5. The molecule has 79 heavy (non-hydrogen) atoms. The highest BCUT2D eigenvalue weighted by Gasteiger charge is 2.50. The Kier molecular flexibility index (Phi) is 17.3. The fraction of sp³-hybridized carbons (Fsp3) is 0.542. The molecule has 7 heterocycles. The van der Waals surface area contributed by atoms with Crippen molar-refractivity contribution in [3.05, 3.63) is 92.7 Å². The monoisotopic (exact) mass is 1090 g/mol. The van der Waals surface area contributed by atoms with Crippen LogP contribution in [0.15, 0.2) is 75.2 Å². The number of carbonyl (C=O) groups is 4. The Morgan fingerprint density at radius 1 is 0.899 bits per heavy atom. The Labute approximate surface area is 459 Å². The van der Waals surface area contributed by atoms with Crippen LogP contribution in [0.3, 0.4) is 0 Å². The molecule has 0 aliphatic carbocycles. The molecule has 6 aliphatic heterocycles. The highest BCUT2D eigenvalue weighted by atomic mass is 16.7. The maximum atomic E-state index is 14.9. The molecule has 5 bridgehead atoms. The SMILES string of the molecule is C/C1=C/C=C/C(C)[C@H](O)[C@@H](C)C(O)[C@@H](C)C(OC(=O)CC(=O)N2CCC(n3c(=O)[nH]c4ccccc43)CC2)[C@H](C)C/C=C/OC2(C)Oc3c(C)c(O)c4c(O)c(c5c(c4c3C2=O)=NC2(CCN(CC(C)C)CC2)N=5)NC1=O.CO. The Morgan fingerprint density at radius 2 is 1.57 bits per heavy atom. The van der Waals surface area contributed by atoms with Gasteiger partial charge >= 0.3 is 17.4 Å². The zero-order chi connectivity index (χ0) is 57.4. The molecule has 2 fully saturated rings. The highest BCUT2D eigenvalue weighted by Crippen LogP contribution is 2.50. The number of nitrogens with one attached hydrogen (secondary N) is 2. The third-order valence-electron chi connectivity index (χ3n) is 16.5. The Morgan fingerprint density at radius 3 is 2.25 bits per heavy atom. The average molecular weight is 1090 g/mol. The summed E-state index contributed by atoms with van der Waals surface area (Å²) in [6.07, 6.45) is 6.23. The lowest BCUT2D eigenvalue weighted by Gasteiger charge is -2.37. The summed E-state index contributed by atoms with van der Waals surface area (Å²) in [6, 6.07) is 7.31. The molecule has 1 aromatic heterocycles. The number of phenolic OH excluding ortho intramolecular Hbond substituents is 2. The number of nitrogens with zero attached hydrogens (tertiary/aromatic N) is 5. The van der Waals surface area contributed by atoms with Crippen molar-refractivity contribution in [3.63, 3.8) is 0 Å². The van der Waals surface area contributed by atoms with E-state index in [1.807, 2.05) is 31.2 Å². The molecular weight excluding hydrogens is 1010 g/mol. The molecule has 10 rings (SSSR count). The van der Waals surface area contributed by atoms with E-state index in [-0.39, 0.29) is 73.5 Å². The van der Waals surface area contributed by atoms with E-state index in [0.717, 1.165) is 24.7 Å². The molecule has 20 nitrogen and oxygen atoms in total. The van der Waals surface area contributed by atoms with Crippen LogP contribution < -0.4 is 26.5 Å². The van der Waals surface area contributed by atoms with Crippen LogP contribution in [-0.4, -0.2) is 138 Å². The molecule has 2 saturated heterocycles. The number of anilines is 1. The van der Waals surface area contributed by atoms with Gasteiger partial charge in [0, 0.05) is 99.9 Å². The molecule has 3 aromatic carbocycles. The Bertz CT molecular complexity index is 3290. The zero-order valence-electron chi connectivity index (χ0n) is 46.9. The van der Waals surface area contributed by atoms with Gasteiger partial charge in [-0.2, -0.15) is 0 Å². The standard InChI is InChI=1S/C58H73N7O12.CH4O/c1-30(2)29-63-25-21-58(22-26-63)61-45-42-43-50(70)36(8)53-44(42)54(72)57(9,77-53)75-27-13-16-32(4)52(76-41(67)28-40(66)64-23-19-37(20-24-64)65-39-18-11-10-17-38(39)59-56(65)74)35(7)49(69)34(6)48(68)31(3)14-12-15-33(5)55(73)60-47(51(43)71)46(45)62-58;1-2/h10-15,17-18,27,30-32,34-35,37,48-49,52,68-71H,16,19-26,28-29H2,1-9H3,(H,59,74)(H,60,73);2H,1H3/b14-12+,27-13+,33-15-;/t31?,32-,34-,35-,48+,49?,52?,57?;/m1./s1. The van der Waals surface area contributed by atoms with Crippen LogP contribution in [0.2, 0.25) is 0 Å². The minimum Gasteiger partial charge on any atom is -0.507 e. The zero-order valence-corrected chi connectivity index (χ0v) is 46.9. The number of aliphatic hydroxyl groups excluding tert-OH is 3. The molecule has 0 saturated carbocycles. The number of H-pyrrole nitrogens is 1. The van der Waals surface area contributed by atoms with E-state index in [4.69, 9.17) is 29.3 Å². The van der Waals surface area contributed by atoms with E-state index in [9.17, 15) is 44.4 Å². The number of aromatic nitrogens is 2. The number of fused-ring (bicyclic) bond motifs is 14. The number of Topliss-reactive ketones (excluding diaryl/α,β-unsaturated/α-hetero) is 1. The summed E-state index contributed by atoms with van der Waals surface area (Å²) in [5.74, 6) is -7.39. The first-order chi connectivity index (χ1) is 37.5. The van der Waals surface area contributed by atoms with Gasteiger partial charge in [0.1, 0.15) is 35.1 Å². The number of amides is 2. The van der Waals surface area contributed by atoms with Crippen LogP contribution in [0, 0.1) is 36.5 Å². The number of allylic oxidation sites excluding steroid dienone is 3. The number of hydrogen-bond acceptors (Lipinski definition) is 16. The predicted octanol–water partition coefficient (Wildman–Crippen LogP) is 5.61. The molecule has 1 spiro atoms. The fourth-order valence-electron chi connectivity index (χ4n) is 12.0. The lowest BCUT2D eigenvalue weighted by Crippen LogP contribution is -2.45. The number of benzene rings is 3. The largest absolute Gasteiger partial charge is 0.507 e. The minimum atomic E-state index is -1.97. The summed E-state index contributed by atoms with van der Waals surface area (Å²) in [4.78, 5) is 86.6. The second-order valence-electron chi connectivity index (χ2n) is 22.6. The van der Waals surface area contributed by atoms with Gasteiger partial charge in [-0.05, 0) is 63.2 Å². The number of aromatic amines is 1. The van der Waals surface area contributed by atoms with Crippen molar-refractivity contribution in [1.29, 1.82) is 0 Å². The van der Waals surface area contributed by atoms with Crippen LogP contribution in [-0.2, 0) is 23.9 Å². The summed E-state index contributed by atoms with van der Waals surface area (Å²) in [5, 5.41) is 58.0. The van der Waals surface area contributed by atoms with Gasteiger partial charge in [0.25, 0.3) is 11.7 Å². The number of phenols is 2. The summed E-state index contributed by atoms with van der Waals surface area (Å²) in [7, 11) is 1.00. The third kappa shape index (κ3) is 11.3. The molecule has 6 aliphatic rings. The number of ether oxygens (including phenoxy) is 3. The number of hydrogen-bond donors (Lipinski definition) is 7. The fourth-order valence-corrected chi connectivity index (χ4v) is 12.0. The molecule has 4 unspecified atom stereocenters. The van der Waals surface area contributed by atoms with Gasteiger partial charge in [0.15, 0.2) is 11.4 Å². The van der Waals surface area contributed by atoms with E-state index >= 15 is 0 Å². The van der Waals surface area contributed by atoms with E-state index in [1.165, 1.54) is 13.2 Å². The number of esters is 1. The number of aromatic hydroxyl groups is 2. The quantitative estimate of drug-likeness (QED) is 0.0703. The normalized spacial score (nSPS) is 28.2. The Hall–Kier alpha value is -6.87. The minimum absolute atomic E-state index is 0.0248. The number of para-hydroxylation sites is 2. The maximum absolute atomic E-state index is 14.9. The van der Waals surface area contributed by atoms with Crippen molar-refractivity contribution in [2.24, 2.45) is 39.6 Å². The molecule has 2 amide bonds. The van der Waals surface area contributed by atoms with Crippen molar-refractivity contribution >= 4 is 51.1 Å². The Balaban J connectivity index is 0.00000406. The van der Waals surface area contributed by atoms with Crippen molar-refractivity contribution in [1.82, 2.24) is 19.4 Å². The number of carbonyl (C=O) groups excluding carboxylic acids is 4. The molecule has 426 valence electrons. The number of piperidine rings is 2. The van der Waals surface area contributed by atoms with Crippen molar-refractivity contribution in [2.45, 2.75) is 137 Å². The first kappa shape index (κ1) is 58.3. The van der Waals surface area contributed by atoms with Crippen molar-refractivity contribution in [3.8, 4) is 17.2 Å². The van der Waals surface area contributed by atoms with Gasteiger partial charge in [-0.15, -0.1) is 0 Å². The number of likely N-dealkylation sites (tertiary alicyclic amines) is 2. The molecule has 4 aromatic rings. The predicted molar refractivity (Wildman–Crippen MR) is 296 cm³/mol. The topological polar surface area (TPSA) is 278 Å². The average Bonchev–Trinajstić information content (AvgIpc) is 4.15. The second kappa shape index (κ2) is 23.5. The third-order valence-corrected chi connectivity index (χ3v) is 16.5. The van der Waals surface area contributed by atoms with Crippen LogP contribution in [0.5, 0.6) is 17.2 Å².